The summed E-state index contributed by atoms with van der Waals surface area (Å²) >= 11 is 5.40. The van der Waals surface area contributed by atoms with E-state index in [2.05, 4.69) is 39.4 Å². The number of nitrogens with zero attached hydrogens (tertiary/aromatic N) is 1. The number of aromatic nitrogens is 1. The molecular formula is C15H19BrN2S. The van der Waals surface area contributed by atoms with E-state index in [-0.39, 0.29) is 0 Å². The zero-order chi connectivity index (χ0) is 13.2. The minimum absolute atomic E-state index is 0.718. The molecule has 1 heterocycles. The molecule has 102 valence electrons. The van der Waals surface area contributed by atoms with Gasteiger partial charge in [0.05, 0.1) is 15.2 Å². The number of hydrogen-bond acceptors (Lipinski definition) is 3. The van der Waals surface area contributed by atoms with Crippen molar-refractivity contribution in [2.24, 2.45) is 5.92 Å². The SMILES string of the molecule is CNCCCC1CC(c2nc3ccc(Br)cc3s2)C1. The first kappa shape index (κ1) is 13.5. The van der Waals surface area contributed by atoms with E-state index in [9.17, 15) is 0 Å². The number of rotatable bonds is 5. The van der Waals surface area contributed by atoms with Crippen LogP contribution >= 0.6 is 27.3 Å². The molecule has 0 unspecified atom stereocenters. The van der Waals surface area contributed by atoms with Crippen LogP contribution in [0.2, 0.25) is 0 Å². The number of thiazole rings is 1. The minimum atomic E-state index is 0.718. The highest BCUT2D eigenvalue weighted by molar-refractivity contribution is 9.10. The summed E-state index contributed by atoms with van der Waals surface area (Å²) in [6.07, 6.45) is 5.35. The molecule has 2 nitrogen and oxygen atoms in total. The molecule has 0 radical (unpaired) electrons. The van der Waals surface area contributed by atoms with Gasteiger partial charge in [0, 0.05) is 10.4 Å². The van der Waals surface area contributed by atoms with Crippen LogP contribution in [0.3, 0.4) is 0 Å². The molecule has 0 amide bonds. The fourth-order valence-electron chi connectivity index (χ4n) is 2.83. The molecule has 0 spiro atoms. The molecule has 1 aliphatic rings. The largest absolute Gasteiger partial charge is 0.320 e. The smallest absolute Gasteiger partial charge is 0.0969 e. The second-order valence-electron chi connectivity index (χ2n) is 5.44. The maximum Gasteiger partial charge on any atom is 0.0969 e. The van der Waals surface area contributed by atoms with Crippen LogP contribution in [-0.4, -0.2) is 18.6 Å². The van der Waals surface area contributed by atoms with E-state index in [1.54, 1.807) is 0 Å². The molecule has 1 aromatic carbocycles. The van der Waals surface area contributed by atoms with Crippen LogP contribution in [-0.2, 0) is 0 Å². The highest BCUT2D eigenvalue weighted by atomic mass is 79.9. The first-order valence-corrected chi connectivity index (χ1v) is 8.58. The molecule has 1 saturated carbocycles. The molecule has 1 aromatic heterocycles. The molecule has 1 fully saturated rings. The summed E-state index contributed by atoms with van der Waals surface area (Å²) in [6, 6.07) is 6.37. The number of benzene rings is 1. The van der Waals surface area contributed by atoms with Crippen molar-refractivity contribution in [3.05, 3.63) is 27.7 Å². The fourth-order valence-corrected chi connectivity index (χ4v) is 4.48. The van der Waals surface area contributed by atoms with Crippen molar-refractivity contribution >= 4 is 37.5 Å². The molecule has 3 rings (SSSR count). The molecule has 0 aliphatic heterocycles. The summed E-state index contributed by atoms with van der Waals surface area (Å²) < 4.78 is 2.46. The average molecular weight is 339 g/mol. The van der Waals surface area contributed by atoms with E-state index < -0.39 is 0 Å². The zero-order valence-electron chi connectivity index (χ0n) is 11.2. The molecular weight excluding hydrogens is 320 g/mol. The average Bonchev–Trinajstić information content (AvgIpc) is 2.74. The van der Waals surface area contributed by atoms with Gasteiger partial charge >= 0.3 is 0 Å². The number of fused-ring (bicyclic) bond motifs is 1. The Kier molecular flexibility index (Phi) is 4.20. The lowest BCUT2D eigenvalue weighted by molar-refractivity contribution is 0.243. The third kappa shape index (κ3) is 3.01. The first-order valence-electron chi connectivity index (χ1n) is 6.97. The highest BCUT2D eigenvalue weighted by Gasteiger charge is 2.31. The van der Waals surface area contributed by atoms with E-state index in [1.165, 1.54) is 35.4 Å². The summed E-state index contributed by atoms with van der Waals surface area (Å²) in [5.74, 6) is 1.65. The van der Waals surface area contributed by atoms with Crippen LogP contribution in [0, 0.1) is 5.92 Å². The maximum absolute atomic E-state index is 4.79. The Hall–Kier alpha value is -0.450. The van der Waals surface area contributed by atoms with Crippen LogP contribution in [0.25, 0.3) is 10.2 Å². The van der Waals surface area contributed by atoms with Crippen molar-refractivity contribution in [3.63, 3.8) is 0 Å². The fraction of sp³-hybridized carbons (Fsp3) is 0.533. The van der Waals surface area contributed by atoms with Gasteiger partial charge in [0.1, 0.15) is 0 Å². The number of halogens is 1. The standard InChI is InChI=1S/C15H19BrN2S/c1-17-6-2-3-10-7-11(8-10)15-18-13-5-4-12(16)9-14(13)19-15/h4-5,9-11,17H,2-3,6-8H2,1H3. The minimum Gasteiger partial charge on any atom is -0.320 e. The first-order chi connectivity index (χ1) is 9.26. The molecule has 0 saturated heterocycles. The van der Waals surface area contributed by atoms with Crippen LogP contribution in [0.1, 0.15) is 36.6 Å². The Morgan fingerprint density at radius 3 is 3.05 bits per heavy atom. The van der Waals surface area contributed by atoms with E-state index in [0.717, 1.165) is 28.4 Å². The topological polar surface area (TPSA) is 24.9 Å². The Morgan fingerprint density at radius 2 is 2.26 bits per heavy atom. The predicted molar refractivity (Wildman–Crippen MR) is 85.9 cm³/mol. The van der Waals surface area contributed by atoms with Crippen molar-refractivity contribution < 1.29 is 0 Å². The third-order valence-electron chi connectivity index (χ3n) is 3.99. The van der Waals surface area contributed by atoms with Gasteiger partial charge in [0.2, 0.25) is 0 Å². The number of nitrogens with one attached hydrogen (secondary N) is 1. The zero-order valence-corrected chi connectivity index (χ0v) is 13.6. The van der Waals surface area contributed by atoms with Crippen LogP contribution < -0.4 is 5.32 Å². The summed E-state index contributed by atoms with van der Waals surface area (Å²) in [5.41, 5.74) is 1.15. The second-order valence-corrected chi connectivity index (χ2v) is 7.42. The Bertz CT molecular complexity index is 560. The molecule has 1 N–H and O–H groups in total. The summed E-state index contributed by atoms with van der Waals surface area (Å²) in [5, 5.41) is 4.57. The van der Waals surface area contributed by atoms with Gasteiger partial charge in [0.15, 0.2) is 0 Å². The van der Waals surface area contributed by atoms with Gasteiger partial charge in [-0.3, -0.25) is 0 Å². The van der Waals surface area contributed by atoms with Gasteiger partial charge < -0.3 is 5.32 Å². The Morgan fingerprint density at radius 1 is 1.42 bits per heavy atom. The Balaban J connectivity index is 1.61. The molecule has 0 bridgehead atoms. The lowest BCUT2D eigenvalue weighted by Gasteiger charge is -2.34. The number of hydrogen-bond donors (Lipinski definition) is 1. The molecule has 4 heteroatoms. The van der Waals surface area contributed by atoms with Crippen LogP contribution in [0.4, 0.5) is 0 Å². The van der Waals surface area contributed by atoms with E-state index in [0.29, 0.717) is 0 Å². The summed E-state index contributed by atoms with van der Waals surface area (Å²) in [4.78, 5) is 4.79. The normalized spacial score (nSPS) is 22.6. The summed E-state index contributed by atoms with van der Waals surface area (Å²) in [6.45, 7) is 1.15. The van der Waals surface area contributed by atoms with Gasteiger partial charge in [0.25, 0.3) is 0 Å². The molecule has 19 heavy (non-hydrogen) atoms. The quantitative estimate of drug-likeness (QED) is 0.808. The lowest BCUT2D eigenvalue weighted by Crippen LogP contribution is -2.22. The van der Waals surface area contributed by atoms with Gasteiger partial charge in [-0.25, -0.2) is 4.98 Å². The predicted octanol–water partition coefficient (Wildman–Crippen LogP) is 4.55. The summed E-state index contributed by atoms with van der Waals surface area (Å²) in [7, 11) is 2.03. The van der Waals surface area contributed by atoms with E-state index >= 15 is 0 Å². The van der Waals surface area contributed by atoms with Gasteiger partial charge in [-0.05, 0) is 63.4 Å². The van der Waals surface area contributed by atoms with Crippen molar-refractivity contribution in [3.8, 4) is 0 Å². The highest BCUT2D eigenvalue weighted by Crippen LogP contribution is 2.45. The molecule has 2 aromatic rings. The molecule has 1 aliphatic carbocycles. The van der Waals surface area contributed by atoms with Gasteiger partial charge in [-0.2, -0.15) is 0 Å². The van der Waals surface area contributed by atoms with Crippen molar-refractivity contribution in [2.45, 2.75) is 31.6 Å². The van der Waals surface area contributed by atoms with Crippen LogP contribution in [0.15, 0.2) is 22.7 Å². The van der Waals surface area contributed by atoms with Crippen molar-refractivity contribution in [1.29, 1.82) is 0 Å². The lowest BCUT2D eigenvalue weighted by atomic mass is 9.73. The van der Waals surface area contributed by atoms with E-state index in [1.807, 2.05) is 18.4 Å². The van der Waals surface area contributed by atoms with Gasteiger partial charge in [-0.15, -0.1) is 11.3 Å². The second kappa shape index (κ2) is 5.90. The Labute approximate surface area is 126 Å². The third-order valence-corrected chi connectivity index (χ3v) is 5.67. The van der Waals surface area contributed by atoms with E-state index in [4.69, 9.17) is 4.98 Å². The monoisotopic (exact) mass is 338 g/mol. The van der Waals surface area contributed by atoms with Crippen molar-refractivity contribution in [2.75, 3.05) is 13.6 Å². The molecule has 0 atom stereocenters. The van der Waals surface area contributed by atoms with Crippen LogP contribution in [0.5, 0.6) is 0 Å². The van der Waals surface area contributed by atoms with Gasteiger partial charge in [-0.1, -0.05) is 15.9 Å². The van der Waals surface area contributed by atoms with Crippen molar-refractivity contribution in [1.82, 2.24) is 10.3 Å². The maximum atomic E-state index is 4.79.